The van der Waals surface area contributed by atoms with Crippen molar-refractivity contribution in [1.82, 2.24) is 4.57 Å². The average Bonchev–Trinajstić information content (AvgIpc) is 2.94. The van der Waals surface area contributed by atoms with Crippen LogP contribution in [0.3, 0.4) is 0 Å². The van der Waals surface area contributed by atoms with E-state index in [-0.39, 0.29) is 0 Å². The van der Waals surface area contributed by atoms with Crippen LogP contribution in [0.2, 0.25) is 0 Å². The fraction of sp³-hybridized carbons (Fsp3) is 0.192. The van der Waals surface area contributed by atoms with E-state index in [1.165, 1.54) is 50.8 Å². The second kappa shape index (κ2) is 7.12. The molecule has 3 aromatic carbocycles. The Kier molecular flexibility index (Phi) is 4.64. The van der Waals surface area contributed by atoms with Crippen LogP contribution in [0.15, 0.2) is 72.8 Å². The third-order valence-corrected chi connectivity index (χ3v) is 5.69. The van der Waals surface area contributed by atoms with Gasteiger partial charge in [0.05, 0.1) is 5.56 Å². The van der Waals surface area contributed by atoms with Gasteiger partial charge in [0.25, 0.3) is 5.82 Å². The van der Waals surface area contributed by atoms with Crippen molar-refractivity contribution in [3.8, 4) is 22.8 Å². The molecule has 2 heteroatoms. The molecule has 0 amide bonds. The van der Waals surface area contributed by atoms with Gasteiger partial charge in [0.1, 0.15) is 22.8 Å². The van der Waals surface area contributed by atoms with Gasteiger partial charge in [-0.2, -0.15) is 9.13 Å². The predicted octanol–water partition coefficient (Wildman–Crippen LogP) is 5.96. The third-order valence-electron chi connectivity index (χ3n) is 5.69. The molecule has 140 valence electrons. The Balaban J connectivity index is 2.19. The highest BCUT2D eigenvalue weighted by atomic mass is 15.2. The van der Waals surface area contributed by atoms with Gasteiger partial charge in [-0.05, 0) is 55.7 Å². The lowest BCUT2D eigenvalue weighted by Crippen LogP contribution is -2.36. The standard InChI is InChI=1S/C26H27N2/c1-18-12-9-10-17-24(18)28-22(5)21(4)27(23-15-7-6-8-16-23)26(28)25-19(2)13-11-14-20(25)3/h6-17H,1-5H3/q+1. The van der Waals surface area contributed by atoms with E-state index < -0.39 is 0 Å². The Hall–Kier alpha value is -3.13. The number of para-hydroxylation sites is 2. The first-order valence-corrected chi connectivity index (χ1v) is 9.82. The molecule has 0 radical (unpaired) electrons. The van der Waals surface area contributed by atoms with Crippen LogP contribution in [-0.2, 0) is 0 Å². The van der Waals surface area contributed by atoms with E-state index in [2.05, 4.69) is 117 Å². The van der Waals surface area contributed by atoms with Crippen molar-refractivity contribution in [3.63, 3.8) is 0 Å². The van der Waals surface area contributed by atoms with Crippen LogP contribution in [0.1, 0.15) is 28.1 Å². The minimum Gasteiger partial charge on any atom is -0.192 e. The Morgan fingerprint density at radius 2 is 1.18 bits per heavy atom. The van der Waals surface area contributed by atoms with Crippen molar-refractivity contribution in [2.75, 3.05) is 0 Å². The molecule has 0 aliphatic heterocycles. The van der Waals surface area contributed by atoms with Crippen LogP contribution in [-0.4, -0.2) is 4.57 Å². The Bertz CT molecular complexity index is 1130. The summed E-state index contributed by atoms with van der Waals surface area (Å²) in [6.07, 6.45) is 0. The number of nitrogens with zero attached hydrogens (tertiary/aromatic N) is 2. The molecule has 0 fully saturated rings. The fourth-order valence-corrected chi connectivity index (χ4v) is 4.13. The Morgan fingerprint density at radius 1 is 0.607 bits per heavy atom. The molecule has 28 heavy (non-hydrogen) atoms. The Morgan fingerprint density at radius 3 is 1.82 bits per heavy atom. The highest BCUT2D eigenvalue weighted by Crippen LogP contribution is 2.31. The molecule has 0 N–H and O–H groups in total. The van der Waals surface area contributed by atoms with E-state index in [1.54, 1.807) is 0 Å². The highest BCUT2D eigenvalue weighted by molar-refractivity contribution is 5.66. The molecule has 1 heterocycles. The number of imidazole rings is 1. The SMILES string of the molecule is Cc1ccccc1-[n+]1c(C)c(C)n(-c2ccccc2)c1-c1c(C)cccc1C. The number of aromatic nitrogens is 2. The topological polar surface area (TPSA) is 8.81 Å². The molecule has 0 bridgehead atoms. The van der Waals surface area contributed by atoms with Gasteiger partial charge in [0.15, 0.2) is 0 Å². The summed E-state index contributed by atoms with van der Waals surface area (Å²) in [5.74, 6) is 1.21. The number of hydrogen-bond donors (Lipinski definition) is 0. The number of rotatable bonds is 3. The second-order valence-electron chi connectivity index (χ2n) is 7.55. The lowest BCUT2D eigenvalue weighted by Gasteiger charge is -2.12. The largest absolute Gasteiger partial charge is 0.300 e. The first-order chi connectivity index (χ1) is 13.5. The van der Waals surface area contributed by atoms with Crippen molar-refractivity contribution in [2.24, 2.45) is 0 Å². The van der Waals surface area contributed by atoms with Gasteiger partial charge in [-0.1, -0.05) is 54.6 Å². The molecule has 0 atom stereocenters. The summed E-state index contributed by atoms with van der Waals surface area (Å²) in [6, 6.07) is 25.8. The monoisotopic (exact) mass is 367 g/mol. The second-order valence-corrected chi connectivity index (χ2v) is 7.55. The maximum atomic E-state index is 2.42. The zero-order valence-corrected chi connectivity index (χ0v) is 17.3. The summed E-state index contributed by atoms with van der Waals surface area (Å²) in [6.45, 7) is 11.0. The van der Waals surface area contributed by atoms with Gasteiger partial charge in [-0.15, -0.1) is 0 Å². The zero-order valence-electron chi connectivity index (χ0n) is 17.3. The summed E-state index contributed by atoms with van der Waals surface area (Å²) in [5.41, 5.74) is 10.1. The number of hydrogen-bond acceptors (Lipinski definition) is 0. The molecule has 4 aromatic rings. The van der Waals surface area contributed by atoms with Crippen LogP contribution in [0.25, 0.3) is 22.8 Å². The molecule has 2 nitrogen and oxygen atoms in total. The molecule has 0 saturated heterocycles. The van der Waals surface area contributed by atoms with E-state index in [0.29, 0.717) is 0 Å². The maximum absolute atomic E-state index is 2.42. The molecular weight excluding hydrogens is 340 g/mol. The van der Waals surface area contributed by atoms with Crippen LogP contribution in [0.4, 0.5) is 0 Å². The predicted molar refractivity (Wildman–Crippen MR) is 116 cm³/mol. The van der Waals surface area contributed by atoms with Gasteiger partial charge >= 0.3 is 0 Å². The van der Waals surface area contributed by atoms with Crippen LogP contribution in [0, 0.1) is 34.6 Å². The van der Waals surface area contributed by atoms with Crippen molar-refractivity contribution in [2.45, 2.75) is 34.6 Å². The first kappa shape index (κ1) is 18.2. The minimum atomic E-state index is 1.19. The fourth-order valence-electron chi connectivity index (χ4n) is 4.13. The molecule has 1 aromatic heterocycles. The lowest BCUT2D eigenvalue weighted by atomic mass is 10.0. The zero-order chi connectivity index (χ0) is 19.8. The van der Waals surface area contributed by atoms with E-state index in [4.69, 9.17) is 0 Å². The summed E-state index contributed by atoms with van der Waals surface area (Å²) >= 11 is 0. The molecule has 0 unspecified atom stereocenters. The maximum Gasteiger partial charge on any atom is 0.300 e. The van der Waals surface area contributed by atoms with Gasteiger partial charge in [-0.25, -0.2) is 0 Å². The lowest BCUT2D eigenvalue weighted by molar-refractivity contribution is -0.590. The van der Waals surface area contributed by atoms with E-state index >= 15 is 0 Å². The molecule has 0 aliphatic rings. The summed E-state index contributed by atoms with van der Waals surface area (Å²) < 4.78 is 4.82. The molecule has 0 aliphatic carbocycles. The summed E-state index contributed by atoms with van der Waals surface area (Å²) in [7, 11) is 0. The minimum absolute atomic E-state index is 1.19. The number of benzene rings is 3. The van der Waals surface area contributed by atoms with Crippen LogP contribution < -0.4 is 4.57 Å². The van der Waals surface area contributed by atoms with Crippen molar-refractivity contribution in [1.29, 1.82) is 0 Å². The van der Waals surface area contributed by atoms with Gasteiger partial charge in [0.2, 0.25) is 0 Å². The van der Waals surface area contributed by atoms with Crippen LogP contribution >= 0.6 is 0 Å². The van der Waals surface area contributed by atoms with Gasteiger partial charge < -0.3 is 0 Å². The quantitative estimate of drug-likeness (QED) is 0.395. The summed E-state index contributed by atoms with van der Waals surface area (Å²) in [4.78, 5) is 0. The number of aryl methyl sites for hydroxylation is 3. The van der Waals surface area contributed by atoms with E-state index in [1.807, 2.05) is 0 Å². The van der Waals surface area contributed by atoms with E-state index in [0.717, 1.165) is 0 Å². The summed E-state index contributed by atoms with van der Waals surface area (Å²) in [5, 5.41) is 0. The van der Waals surface area contributed by atoms with Gasteiger partial charge in [-0.3, -0.25) is 0 Å². The average molecular weight is 368 g/mol. The van der Waals surface area contributed by atoms with Crippen molar-refractivity contribution in [3.05, 3.63) is 101 Å². The van der Waals surface area contributed by atoms with Crippen molar-refractivity contribution < 1.29 is 4.57 Å². The molecule has 4 rings (SSSR count). The normalized spacial score (nSPS) is 11.0. The molecule has 0 spiro atoms. The smallest absolute Gasteiger partial charge is 0.192 e. The van der Waals surface area contributed by atoms with Gasteiger partial charge in [0, 0.05) is 13.8 Å². The van der Waals surface area contributed by atoms with E-state index in [9.17, 15) is 0 Å². The molecular formula is C26H27N2+. The first-order valence-electron chi connectivity index (χ1n) is 9.82. The van der Waals surface area contributed by atoms with Crippen molar-refractivity contribution >= 4 is 0 Å². The molecule has 0 saturated carbocycles. The Labute approximate surface area is 167 Å². The van der Waals surface area contributed by atoms with Crippen LogP contribution in [0.5, 0.6) is 0 Å². The highest BCUT2D eigenvalue weighted by Gasteiger charge is 2.32. The third kappa shape index (κ3) is 2.86.